The summed E-state index contributed by atoms with van der Waals surface area (Å²) in [5, 5.41) is 3.26. The molecular weight excluding hydrogens is 436 g/mol. The number of nitrogens with one attached hydrogen (secondary N) is 1. The van der Waals surface area contributed by atoms with Crippen molar-refractivity contribution in [3.05, 3.63) is 95.0 Å². The Kier molecular flexibility index (Phi) is 7.55. The average Bonchev–Trinajstić information content (AvgIpc) is 2.76. The van der Waals surface area contributed by atoms with Crippen molar-refractivity contribution in [1.29, 1.82) is 0 Å². The van der Waals surface area contributed by atoms with E-state index in [0.717, 1.165) is 11.8 Å². The lowest BCUT2D eigenvalue weighted by Gasteiger charge is -2.24. The highest BCUT2D eigenvalue weighted by Crippen LogP contribution is 2.25. The largest absolute Gasteiger partial charge is 0.490 e. The minimum atomic E-state index is -3.62. The van der Waals surface area contributed by atoms with Gasteiger partial charge in [-0.2, -0.15) is 0 Å². The summed E-state index contributed by atoms with van der Waals surface area (Å²) in [5.41, 5.74) is 1.40. The van der Waals surface area contributed by atoms with E-state index in [1.165, 1.54) is 4.31 Å². The minimum absolute atomic E-state index is 0.125. The second-order valence-electron chi connectivity index (χ2n) is 6.81. The summed E-state index contributed by atoms with van der Waals surface area (Å²) in [4.78, 5) is 12.8. The number of para-hydroxylation sites is 2. The Morgan fingerprint density at radius 2 is 1.61 bits per heavy atom. The van der Waals surface area contributed by atoms with Crippen molar-refractivity contribution in [2.45, 2.75) is 6.54 Å². The molecule has 31 heavy (non-hydrogen) atoms. The number of ether oxygens (including phenoxy) is 1. The van der Waals surface area contributed by atoms with Gasteiger partial charge in [0.15, 0.2) is 0 Å². The smallest absolute Gasteiger partial charge is 0.253 e. The van der Waals surface area contributed by atoms with Crippen LogP contribution in [0.4, 0.5) is 5.69 Å². The minimum Gasteiger partial charge on any atom is -0.490 e. The number of rotatable bonds is 9. The number of anilines is 1. The van der Waals surface area contributed by atoms with Crippen LogP contribution in [0.2, 0.25) is 5.02 Å². The third kappa shape index (κ3) is 6.23. The van der Waals surface area contributed by atoms with Gasteiger partial charge < -0.3 is 10.1 Å². The SMILES string of the molecule is CS(=O)(=O)N(Cc1ccccc1)c1ccccc1C(=O)NCCOc1ccccc1Cl. The van der Waals surface area contributed by atoms with Gasteiger partial charge in [-0.25, -0.2) is 8.42 Å². The second kappa shape index (κ2) is 10.3. The molecule has 3 aromatic carbocycles. The molecule has 162 valence electrons. The molecule has 0 bridgehead atoms. The van der Waals surface area contributed by atoms with Gasteiger partial charge in [0.05, 0.1) is 35.6 Å². The number of carbonyl (C=O) groups is 1. The fourth-order valence-electron chi connectivity index (χ4n) is 3.00. The Morgan fingerprint density at radius 1 is 0.968 bits per heavy atom. The van der Waals surface area contributed by atoms with Crippen LogP contribution in [-0.4, -0.2) is 33.7 Å². The number of sulfonamides is 1. The Labute approximate surface area is 187 Å². The highest BCUT2D eigenvalue weighted by molar-refractivity contribution is 7.92. The first kappa shape index (κ1) is 22.7. The highest BCUT2D eigenvalue weighted by Gasteiger charge is 2.23. The quantitative estimate of drug-likeness (QED) is 0.489. The first-order valence-corrected chi connectivity index (χ1v) is 11.8. The lowest BCUT2D eigenvalue weighted by atomic mass is 10.1. The lowest BCUT2D eigenvalue weighted by Crippen LogP contribution is -2.33. The van der Waals surface area contributed by atoms with Gasteiger partial charge in [0.1, 0.15) is 12.4 Å². The Morgan fingerprint density at radius 3 is 2.32 bits per heavy atom. The first-order chi connectivity index (χ1) is 14.9. The molecule has 0 aliphatic rings. The van der Waals surface area contributed by atoms with Crippen molar-refractivity contribution in [2.75, 3.05) is 23.7 Å². The third-order valence-electron chi connectivity index (χ3n) is 4.47. The zero-order valence-electron chi connectivity index (χ0n) is 17.0. The van der Waals surface area contributed by atoms with E-state index in [9.17, 15) is 13.2 Å². The van der Waals surface area contributed by atoms with Crippen molar-refractivity contribution in [2.24, 2.45) is 0 Å². The van der Waals surface area contributed by atoms with Crippen LogP contribution in [-0.2, 0) is 16.6 Å². The molecule has 0 saturated heterocycles. The van der Waals surface area contributed by atoms with E-state index in [1.807, 2.05) is 36.4 Å². The molecule has 0 aliphatic heterocycles. The zero-order valence-corrected chi connectivity index (χ0v) is 18.6. The highest BCUT2D eigenvalue weighted by atomic mass is 35.5. The standard InChI is InChI=1S/C23H23ClN2O4S/c1-31(28,29)26(17-18-9-3-2-4-10-18)21-13-7-5-11-19(21)23(27)25-15-16-30-22-14-8-6-12-20(22)24/h2-14H,15-17H2,1H3,(H,25,27). The molecular formula is C23H23ClN2O4S. The third-order valence-corrected chi connectivity index (χ3v) is 5.91. The summed E-state index contributed by atoms with van der Waals surface area (Å²) in [6.07, 6.45) is 1.13. The van der Waals surface area contributed by atoms with Crippen molar-refractivity contribution < 1.29 is 17.9 Å². The van der Waals surface area contributed by atoms with Gasteiger partial charge in [-0.05, 0) is 29.8 Å². The topological polar surface area (TPSA) is 75.7 Å². The monoisotopic (exact) mass is 458 g/mol. The predicted molar refractivity (Wildman–Crippen MR) is 123 cm³/mol. The maximum absolute atomic E-state index is 12.8. The van der Waals surface area contributed by atoms with Gasteiger partial charge >= 0.3 is 0 Å². The molecule has 0 spiro atoms. The molecule has 0 radical (unpaired) electrons. The zero-order chi connectivity index (χ0) is 22.3. The predicted octanol–water partition coefficient (Wildman–Crippen LogP) is 4.12. The molecule has 8 heteroatoms. The van der Waals surface area contributed by atoms with E-state index in [1.54, 1.807) is 42.5 Å². The summed E-state index contributed by atoms with van der Waals surface area (Å²) in [6.45, 7) is 0.576. The van der Waals surface area contributed by atoms with Crippen molar-refractivity contribution >= 4 is 33.2 Å². The van der Waals surface area contributed by atoms with Gasteiger partial charge in [0.25, 0.3) is 5.91 Å². The summed E-state index contributed by atoms with van der Waals surface area (Å²) in [6, 6.07) is 22.9. The molecule has 0 unspecified atom stereocenters. The van der Waals surface area contributed by atoms with E-state index in [4.69, 9.17) is 16.3 Å². The molecule has 1 N–H and O–H groups in total. The van der Waals surface area contributed by atoms with Gasteiger partial charge in [0, 0.05) is 0 Å². The Hall–Kier alpha value is -3.03. The van der Waals surface area contributed by atoms with E-state index in [2.05, 4.69) is 5.32 Å². The summed E-state index contributed by atoms with van der Waals surface area (Å²) in [7, 11) is -3.62. The molecule has 1 amide bonds. The number of benzene rings is 3. The van der Waals surface area contributed by atoms with E-state index >= 15 is 0 Å². The summed E-state index contributed by atoms with van der Waals surface area (Å²) in [5.74, 6) is 0.144. The van der Waals surface area contributed by atoms with E-state index in [0.29, 0.717) is 16.5 Å². The Bertz CT molecular complexity index is 1140. The molecule has 6 nitrogen and oxygen atoms in total. The van der Waals surface area contributed by atoms with Gasteiger partial charge in [-0.3, -0.25) is 9.10 Å². The number of nitrogens with zero attached hydrogens (tertiary/aromatic N) is 1. The van der Waals surface area contributed by atoms with Crippen LogP contribution in [0.25, 0.3) is 0 Å². The lowest BCUT2D eigenvalue weighted by molar-refractivity contribution is 0.0947. The van der Waals surface area contributed by atoms with Gasteiger partial charge in [-0.1, -0.05) is 66.2 Å². The van der Waals surface area contributed by atoms with Crippen molar-refractivity contribution in [1.82, 2.24) is 5.32 Å². The number of hydrogen-bond donors (Lipinski definition) is 1. The van der Waals surface area contributed by atoms with E-state index in [-0.39, 0.29) is 31.2 Å². The molecule has 0 aliphatic carbocycles. The molecule has 0 fully saturated rings. The molecule has 3 aromatic rings. The molecule has 0 heterocycles. The van der Waals surface area contributed by atoms with Crippen LogP contribution >= 0.6 is 11.6 Å². The van der Waals surface area contributed by atoms with Crippen molar-refractivity contribution in [3.8, 4) is 5.75 Å². The second-order valence-corrected chi connectivity index (χ2v) is 9.12. The van der Waals surface area contributed by atoms with Gasteiger partial charge in [-0.15, -0.1) is 0 Å². The Balaban J connectivity index is 1.73. The maximum Gasteiger partial charge on any atom is 0.253 e. The van der Waals surface area contributed by atoms with Crippen LogP contribution in [0.3, 0.4) is 0 Å². The molecule has 0 atom stereocenters. The first-order valence-electron chi connectivity index (χ1n) is 9.62. The molecule has 0 saturated carbocycles. The van der Waals surface area contributed by atoms with Crippen LogP contribution in [0.1, 0.15) is 15.9 Å². The number of carbonyl (C=O) groups excluding carboxylic acids is 1. The van der Waals surface area contributed by atoms with Gasteiger partial charge in [0.2, 0.25) is 10.0 Å². The van der Waals surface area contributed by atoms with Crippen LogP contribution in [0.5, 0.6) is 5.75 Å². The number of hydrogen-bond acceptors (Lipinski definition) is 4. The van der Waals surface area contributed by atoms with Crippen LogP contribution in [0.15, 0.2) is 78.9 Å². The van der Waals surface area contributed by atoms with Crippen LogP contribution in [0, 0.1) is 0 Å². The number of amides is 1. The number of halogens is 1. The normalized spacial score (nSPS) is 11.0. The molecule has 3 rings (SSSR count). The maximum atomic E-state index is 12.8. The fourth-order valence-corrected chi connectivity index (χ4v) is 4.09. The summed E-state index contributed by atoms with van der Waals surface area (Å²) < 4.78 is 31.9. The summed E-state index contributed by atoms with van der Waals surface area (Å²) >= 11 is 6.05. The molecule has 0 aromatic heterocycles. The van der Waals surface area contributed by atoms with Crippen LogP contribution < -0.4 is 14.4 Å². The van der Waals surface area contributed by atoms with E-state index < -0.39 is 10.0 Å². The fraction of sp³-hybridized carbons (Fsp3) is 0.174. The average molecular weight is 459 g/mol. The van der Waals surface area contributed by atoms with Crippen molar-refractivity contribution in [3.63, 3.8) is 0 Å².